The van der Waals surface area contributed by atoms with Crippen LogP contribution in [0, 0.1) is 0 Å². The highest BCUT2D eigenvalue weighted by atomic mass is 32.1. The fourth-order valence-electron chi connectivity index (χ4n) is 0.988. The van der Waals surface area contributed by atoms with Crippen LogP contribution in [0.2, 0.25) is 0 Å². The van der Waals surface area contributed by atoms with Crippen LogP contribution < -0.4 is 0 Å². The van der Waals surface area contributed by atoms with Crippen molar-refractivity contribution in [3.05, 3.63) is 0 Å². The van der Waals surface area contributed by atoms with Crippen molar-refractivity contribution in [2.75, 3.05) is 33.1 Å². The quantitative estimate of drug-likeness (QED) is 0.629. The SMILES string of the molecule is CN(CCN(C)C(=O)OC(C)(C)C)C(=O)OCS. The molecule has 0 atom stereocenters. The zero-order valence-corrected chi connectivity index (χ0v) is 12.5. The molecule has 0 fully saturated rings. The molecule has 0 bridgehead atoms. The van der Waals surface area contributed by atoms with Crippen LogP contribution in [0.5, 0.6) is 0 Å². The Balaban J connectivity index is 4.06. The van der Waals surface area contributed by atoms with Crippen LogP contribution in [0.1, 0.15) is 20.8 Å². The maximum absolute atomic E-state index is 11.6. The van der Waals surface area contributed by atoms with E-state index in [9.17, 15) is 9.59 Å². The lowest BCUT2D eigenvalue weighted by molar-refractivity contribution is 0.0284. The molecular formula is C11H22N2O4S. The molecule has 0 aliphatic rings. The highest BCUT2D eigenvalue weighted by Gasteiger charge is 2.20. The number of hydrogen-bond acceptors (Lipinski definition) is 5. The summed E-state index contributed by atoms with van der Waals surface area (Å²) in [5.74, 6) is 0.0328. The van der Waals surface area contributed by atoms with Crippen LogP contribution in [0.15, 0.2) is 0 Å². The van der Waals surface area contributed by atoms with Gasteiger partial charge in [0.05, 0.1) is 0 Å². The maximum Gasteiger partial charge on any atom is 0.410 e. The second-order valence-electron chi connectivity index (χ2n) is 4.86. The zero-order chi connectivity index (χ0) is 14.3. The lowest BCUT2D eigenvalue weighted by Gasteiger charge is -2.26. The first kappa shape index (κ1) is 16.9. The first-order chi connectivity index (χ1) is 8.17. The van der Waals surface area contributed by atoms with Gasteiger partial charge in [-0.2, -0.15) is 0 Å². The van der Waals surface area contributed by atoms with Gasteiger partial charge in [0.2, 0.25) is 0 Å². The van der Waals surface area contributed by atoms with Crippen molar-refractivity contribution < 1.29 is 19.1 Å². The molecule has 106 valence electrons. The highest BCUT2D eigenvalue weighted by molar-refractivity contribution is 7.80. The molecule has 0 rings (SSSR count). The minimum absolute atomic E-state index is 0.0328. The molecule has 0 saturated carbocycles. The number of ether oxygens (including phenoxy) is 2. The summed E-state index contributed by atoms with van der Waals surface area (Å²) in [5.41, 5.74) is -0.526. The Morgan fingerprint density at radius 2 is 1.50 bits per heavy atom. The predicted octanol–water partition coefficient (Wildman–Crippen LogP) is 1.81. The fraction of sp³-hybridized carbons (Fsp3) is 0.818. The lowest BCUT2D eigenvalue weighted by atomic mass is 10.2. The van der Waals surface area contributed by atoms with Gasteiger partial charge in [0.1, 0.15) is 11.5 Å². The van der Waals surface area contributed by atoms with E-state index in [-0.39, 0.29) is 5.94 Å². The molecule has 0 aliphatic carbocycles. The molecule has 0 radical (unpaired) electrons. The molecule has 6 nitrogen and oxygen atoms in total. The number of thiol groups is 1. The molecule has 0 saturated heterocycles. The van der Waals surface area contributed by atoms with Crippen molar-refractivity contribution in [3.8, 4) is 0 Å². The Morgan fingerprint density at radius 1 is 1.06 bits per heavy atom. The minimum atomic E-state index is -0.526. The number of carbonyl (C=O) groups excluding carboxylic acids is 2. The molecule has 2 amide bonds. The van der Waals surface area contributed by atoms with Gasteiger partial charge in [0.15, 0.2) is 0 Å². The van der Waals surface area contributed by atoms with E-state index in [0.717, 1.165) is 0 Å². The largest absolute Gasteiger partial charge is 0.444 e. The molecule has 0 N–H and O–H groups in total. The normalized spacial score (nSPS) is 10.8. The summed E-state index contributed by atoms with van der Waals surface area (Å²) in [6.45, 7) is 6.13. The summed E-state index contributed by atoms with van der Waals surface area (Å²) in [5, 5.41) is 0. The van der Waals surface area contributed by atoms with Crippen LogP contribution in [0.4, 0.5) is 9.59 Å². The van der Waals surface area contributed by atoms with E-state index in [0.29, 0.717) is 13.1 Å². The summed E-state index contributed by atoms with van der Waals surface area (Å²) < 4.78 is 9.87. The van der Waals surface area contributed by atoms with E-state index in [2.05, 4.69) is 12.6 Å². The van der Waals surface area contributed by atoms with E-state index >= 15 is 0 Å². The van der Waals surface area contributed by atoms with Gasteiger partial charge in [-0.25, -0.2) is 9.59 Å². The summed E-state index contributed by atoms with van der Waals surface area (Å²) in [7, 11) is 3.21. The number of carbonyl (C=O) groups is 2. The number of rotatable bonds is 4. The monoisotopic (exact) mass is 278 g/mol. The molecule has 0 aromatic heterocycles. The Bertz CT molecular complexity index is 291. The van der Waals surface area contributed by atoms with E-state index in [1.165, 1.54) is 9.80 Å². The number of likely N-dealkylation sites (N-methyl/N-ethyl adjacent to an activating group) is 2. The average molecular weight is 278 g/mol. The van der Waals surface area contributed by atoms with Gasteiger partial charge < -0.3 is 19.3 Å². The minimum Gasteiger partial charge on any atom is -0.444 e. The predicted molar refractivity (Wildman–Crippen MR) is 71.8 cm³/mol. The zero-order valence-electron chi connectivity index (χ0n) is 11.6. The Hall–Kier alpha value is -1.11. The standard InChI is InChI=1S/C11H22N2O4S/c1-11(2,3)17-10(15)13(5)7-6-12(4)9(14)16-8-18/h18H,6-8H2,1-5H3. The first-order valence-electron chi connectivity index (χ1n) is 5.60. The molecule has 18 heavy (non-hydrogen) atoms. The molecule has 7 heteroatoms. The van der Waals surface area contributed by atoms with E-state index in [4.69, 9.17) is 9.47 Å². The van der Waals surface area contributed by atoms with Crippen molar-refractivity contribution in [1.29, 1.82) is 0 Å². The summed E-state index contributed by atoms with van der Waals surface area (Å²) >= 11 is 3.79. The van der Waals surface area contributed by atoms with Crippen molar-refractivity contribution in [3.63, 3.8) is 0 Å². The third-order valence-corrected chi connectivity index (χ3v) is 2.10. The van der Waals surface area contributed by atoms with Crippen LogP contribution in [-0.2, 0) is 9.47 Å². The smallest absolute Gasteiger partial charge is 0.410 e. The van der Waals surface area contributed by atoms with Gasteiger partial charge >= 0.3 is 12.2 Å². The molecule has 0 heterocycles. The summed E-state index contributed by atoms with van der Waals surface area (Å²) in [6, 6.07) is 0. The second-order valence-corrected chi connectivity index (χ2v) is 5.12. The third-order valence-electron chi connectivity index (χ3n) is 1.98. The van der Waals surface area contributed by atoms with Crippen molar-refractivity contribution in [2.45, 2.75) is 26.4 Å². The molecule has 0 aliphatic heterocycles. The van der Waals surface area contributed by atoms with E-state index in [1.807, 2.05) is 0 Å². The van der Waals surface area contributed by atoms with Gasteiger partial charge in [-0.15, -0.1) is 12.6 Å². The Morgan fingerprint density at radius 3 is 1.89 bits per heavy atom. The van der Waals surface area contributed by atoms with Crippen molar-refractivity contribution in [2.24, 2.45) is 0 Å². The molecule has 0 unspecified atom stereocenters. The van der Waals surface area contributed by atoms with Gasteiger partial charge in [-0.3, -0.25) is 0 Å². The number of hydrogen-bond donors (Lipinski definition) is 1. The van der Waals surface area contributed by atoms with E-state index < -0.39 is 17.8 Å². The topological polar surface area (TPSA) is 59.1 Å². The Labute approximate surface area is 114 Å². The van der Waals surface area contributed by atoms with Crippen LogP contribution in [-0.4, -0.2) is 60.7 Å². The van der Waals surface area contributed by atoms with Gasteiger partial charge in [-0.05, 0) is 20.8 Å². The molecule has 0 aromatic rings. The maximum atomic E-state index is 11.6. The first-order valence-corrected chi connectivity index (χ1v) is 6.23. The average Bonchev–Trinajstić information content (AvgIpc) is 2.23. The molecule has 0 aromatic carbocycles. The Kier molecular flexibility index (Phi) is 6.90. The van der Waals surface area contributed by atoms with Crippen molar-refractivity contribution >= 4 is 24.8 Å². The number of amides is 2. The van der Waals surface area contributed by atoms with Gasteiger partial charge in [-0.1, -0.05) is 0 Å². The van der Waals surface area contributed by atoms with Gasteiger partial charge in [0, 0.05) is 27.2 Å². The van der Waals surface area contributed by atoms with Crippen molar-refractivity contribution in [1.82, 2.24) is 9.80 Å². The van der Waals surface area contributed by atoms with E-state index in [1.54, 1.807) is 34.9 Å². The van der Waals surface area contributed by atoms with Crippen LogP contribution >= 0.6 is 12.6 Å². The number of nitrogens with zero attached hydrogens (tertiary/aromatic N) is 2. The third kappa shape index (κ3) is 7.26. The van der Waals surface area contributed by atoms with Crippen LogP contribution in [0.25, 0.3) is 0 Å². The molecular weight excluding hydrogens is 256 g/mol. The van der Waals surface area contributed by atoms with Crippen LogP contribution in [0.3, 0.4) is 0 Å². The summed E-state index contributed by atoms with van der Waals surface area (Å²) in [4.78, 5) is 25.7. The lowest BCUT2D eigenvalue weighted by Crippen LogP contribution is -2.40. The molecule has 0 spiro atoms. The highest BCUT2D eigenvalue weighted by Crippen LogP contribution is 2.08. The fourth-order valence-corrected chi connectivity index (χ4v) is 1.10. The second kappa shape index (κ2) is 7.35. The van der Waals surface area contributed by atoms with Gasteiger partial charge in [0.25, 0.3) is 0 Å². The summed E-state index contributed by atoms with van der Waals surface area (Å²) in [6.07, 6.45) is -0.888.